The minimum Gasteiger partial charge on any atom is -0.352 e. The highest BCUT2D eigenvalue weighted by molar-refractivity contribution is 9.10. The Labute approximate surface area is 145 Å². The molecule has 0 radical (unpaired) electrons. The first kappa shape index (κ1) is 17.2. The molecular formula is C15H14BrN3O3S. The average molecular weight is 396 g/mol. The lowest BCUT2D eigenvalue weighted by Gasteiger charge is -2.07. The van der Waals surface area contributed by atoms with Crippen LogP contribution in [0.2, 0.25) is 0 Å². The van der Waals surface area contributed by atoms with Crippen molar-refractivity contribution in [2.24, 2.45) is 0 Å². The molecule has 2 aromatic rings. The maximum Gasteiger partial charge on any atom is 0.279 e. The van der Waals surface area contributed by atoms with Crippen molar-refractivity contribution in [2.45, 2.75) is 6.42 Å². The molecule has 23 heavy (non-hydrogen) atoms. The maximum absolute atomic E-state index is 11.8. The standard InChI is InChI=1S/C15H14BrN3O3S/c16-11-5-3-10(4-6-11)14(21)17-8-7-13(20)18-19-15(22)12-2-1-9-23-12/h1-6,9H,7-8H2,(H,17,21)(H,18,20)(H,19,22). The van der Waals surface area contributed by atoms with Crippen LogP contribution < -0.4 is 16.2 Å². The van der Waals surface area contributed by atoms with E-state index < -0.39 is 0 Å². The highest BCUT2D eigenvalue weighted by Crippen LogP contribution is 2.10. The molecule has 3 amide bonds. The topological polar surface area (TPSA) is 87.3 Å². The number of hydrogen-bond acceptors (Lipinski definition) is 4. The van der Waals surface area contributed by atoms with Crippen molar-refractivity contribution in [1.82, 2.24) is 16.2 Å². The number of amides is 3. The number of carbonyl (C=O) groups is 3. The van der Waals surface area contributed by atoms with Crippen LogP contribution in [0.4, 0.5) is 0 Å². The average Bonchev–Trinajstić information content (AvgIpc) is 3.07. The molecule has 1 heterocycles. The molecule has 1 aromatic carbocycles. The fourth-order valence-electron chi connectivity index (χ4n) is 1.65. The van der Waals surface area contributed by atoms with Gasteiger partial charge < -0.3 is 5.32 Å². The molecule has 0 aliphatic rings. The summed E-state index contributed by atoms with van der Waals surface area (Å²) in [6, 6.07) is 10.3. The SMILES string of the molecule is O=C(CCNC(=O)c1ccc(Br)cc1)NNC(=O)c1cccs1. The summed E-state index contributed by atoms with van der Waals surface area (Å²) in [5, 5.41) is 4.41. The minimum absolute atomic E-state index is 0.0625. The molecule has 1 aromatic heterocycles. The van der Waals surface area contributed by atoms with Crippen LogP contribution in [0.25, 0.3) is 0 Å². The van der Waals surface area contributed by atoms with Crippen LogP contribution in [-0.4, -0.2) is 24.3 Å². The molecule has 0 saturated heterocycles. The smallest absolute Gasteiger partial charge is 0.279 e. The van der Waals surface area contributed by atoms with E-state index in [9.17, 15) is 14.4 Å². The van der Waals surface area contributed by atoms with E-state index in [4.69, 9.17) is 0 Å². The van der Waals surface area contributed by atoms with Crippen molar-refractivity contribution >= 4 is 45.0 Å². The van der Waals surface area contributed by atoms with Gasteiger partial charge in [-0.1, -0.05) is 22.0 Å². The second-order valence-electron chi connectivity index (χ2n) is 4.49. The number of rotatable bonds is 5. The van der Waals surface area contributed by atoms with Gasteiger partial charge in [0.15, 0.2) is 0 Å². The van der Waals surface area contributed by atoms with Crippen molar-refractivity contribution in [1.29, 1.82) is 0 Å². The molecule has 6 nitrogen and oxygen atoms in total. The van der Waals surface area contributed by atoms with Gasteiger partial charge in [0.05, 0.1) is 4.88 Å². The molecule has 0 spiro atoms. The highest BCUT2D eigenvalue weighted by atomic mass is 79.9. The molecule has 0 fully saturated rings. The van der Waals surface area contributed by atoms with Gasteiger partial charge in [0.25, 0.3) is 11.8 Å². The summed E-state index contributed by atoms with van der Waals surface area (Å²) in [6.45, 7) is 0.176. The Morgan fingerprint density at radius 3 is 2.39 bits per heavy atom. The molecule has 3 N–H and O–H groups in total. The monoisotopic (exact) mass is 395 g/mol. The predicted molar refractivity (Wildman–Crippen MR) is 91.0 cm³/mol. The van der Waals surface area contributed by atoms with E-state index in [0.29, 0.717) is 10.4 Å². The minimum atomic E-state index is -0.383. The molecule has 0 atom stereocenters. The van der Waals surface area contributed by atoms with Crippen molar-refractivity contribution in [2.75, 3.05) is 6.54 Å². The number of benzene rings is 1. The number of hydrogen-bond donors (Lipinski definition) is 3. The Kier molecular flexibility index (Phi) is 6.30. The van der Waals surface area contributed by atoms with E-state index in [1.54, 1.807) is 41.8 Å². The van der Waals surface area contributed by atoms with Crippen LogP contribution in [0, 0.1) is 0 Å². The van der Waals surface area contributed by atoms with E-state index in [1.807, 2.05) is 0 Å². The molecule has 0 unspecified atom stereocenters. The van der Waals surface area contributed by atoms with E-state index in [2.05, 4.69) is 32.1 Å². The summed E-state index contributed by atoms with van der Waals surface area (Å²) in [5.74, 6) is -1.01. The third kappa shape index (κ3) is 5.50. The van der Waals surface area contributed by atoms with Crippen LogP contribution in [0.1, 0.15) is 26.5 Å². The van der Waals surface area contributed by atoms with Gasteiger partial charge >= 0.3 is 0 Å². The van der Waals surface area contributed by atoms with E-state index >= 15 is 0 Å². The van der Waals surface area contributed by atoms with Crippen LogP contribution in [0.5, 0.6) is 0 Å². The highest BCUT2D eigenvalue weighted by Gasteiger charge is 2.09. The fourth-order valence-corrected chi connectivity index (χ4v) is 2.53. The third-order valence-electron chi connectivity index (χ3n) is 2.80. The van der Waals surface area contributed by atoms with E-state index in [1.165, 1.54) is 11.3 Å². The number of hydrazine groups is 1. The zero-order valence-electron chi connectivity index (χ0n) is 12.0. The normalized spacial score (nSPS) is 9.96. The Bertz CT molecular complexity index is 687. The van der Waals surface area contributed by atoms with Crippen molar-refractivity contribution in [3.05, 3.63) is 56.7 Å². The molecule has 120 valence electrons. The van der Waals surface area contributed by atoms with Gasteiger partial charge in [0.1, 0.15) is 0 Å². The quantitative estimate of drug-likeness (QED) is 0.677. The maximum atomic E-state index is 11.8. The van der Waals surface area contributed by atoms with Gasteiger partial charge in [-0.15, -0.1) is 11.3 Å². The number of carbonyl (C=O) groups excluding carboxylic acids is 3. The summed E-state index contributed by atoms with van der Waals surface area (Å²) >= 11 is 4.57. The molecule has 8 heteroatoms. The van der Waals surface area contributed by atoms with Gasteiger partial charge in [-0.05, 0) is 35.7 Å². The number of nitrogens with one attached hydrogen (secondary N) is 3. The van der Waals surface area contributed by atoms with Gasteiger partial charge in [0, 0.05) is 23.0 Å². The lowest BCUT2D eigenvalue weighted by molar-refractivity contribution is -0.121. The number of thiophene rings is 1. The first-order chi connectivity index (χ1) is 11.1. The van der Waals surface area contributed by atoms with Gasteiger partial charge in [-0.25, -0.2) is 0 Å². The first-order valence-electron chi connectivity index (χ1n) is 6.72. The Hall–Kier alpha value is -2.19. The van der Waals surface area contributed by atoms with Gasteiger partial charge in [0.2, 0.25) is 5.91 Å². The summed E-state index contributed by atoms with van der Waals surface area (Å²) < 4.78 is 0.884. The lowest BCUT2D eigenvalue weighted by atomic mass is 10.2. The Morgan fingerprint density at radius 1 is 1.00 bits per heavy atom. The van der Waals surface area contributed by atoms with Crippen molar-refractivity contribution in [3.8, 4) is 0 Å². The predicted octanol–water partition coefficient (Wildman–Crippen LogP) is 2.09. The zero-order valence-corrected chi connectivity index (χ0v) is 14.4. The van der Waals surface area contributed by atoms with Gasteiger partial charge in [-0.2, -0.15) is 0 Å². The molecule has 0 bridgehead atoms. The first-order valence-corrected chi connectivity index (χ1v) is 8.40. The molecule has 0 aliphatic carbocycles. The van der Waals surface area contributed by atoms with Crippen LogP contribution >= 0.6 is 27.3 Å². The zero-order chi connectivity index (χ0) is 16.7. The van der Waals surface area contributed by atoms with Crippen molar-refractivity contribution in [3.63, 3.8) is 0 Å². The largest absolute Gasteiger partial charge is 0.352 e. The van der Waals surface area contributed by atoms with Crippen LogP contribution in [0.3, 0.4) is 0 Å². The third-order valence-corrected chi connectivity index (χ3v) is 4.20. The number of halogens is 1. The summed E-state index contributed by atoms with van der Waals surface area (Å²) in [7, 11) is 0. The Balaban J connectivity index is 1.67. The second kappa shape index (κ2) is 8.44. The summed E-state index contributed by atoms with van der Waals surface area (Å²) in [5.41, 5.74) is 5.13. The lowest BCUT2D eigenvalue weighted by Crippen LogP contribution is -2.42. The molecule has 2 rings (SSSR count). The molecular weight excluding hydrogens is 382 g/mol. The van der Waals surface area contributed by atoms with Crippen LogP contribution in [0.15, 0.2) is 46.3 Å². The summed E-state index contributed by atoms with van der Waals surface area (Å²) in [4.78, 5) is 35.6. The van der Waals surface area contributed by atoms with Gasteiger partial charge in [-0.3, -0.25) is 25.2 Å². The van der Waals surface area contributed by atoms with Crippen molar-refractivity contribution < 1.29 is 14.4 Å². The van der Waals surface area contributed by atoms with E-state index in [-0.39, 0.29) is 30.7 Å². The second-order valence-corrected chi connectivity index (χ2v) is 6.36. The fraction of sp³-hybridized carbons (Fsp3) is 0.133. The Morgan fingerprint density at radius 2 is 1.74 bits per heavy atom. The molecule has 0 saturated carbocycles. The molecule has 0 aliphatic heterocycles. The summed E-state index contributed by atoms with van der Waals surface area (Å²) in [6.07, 6.45) is 0.0625. The van der Waals surface area contributed by atoms with Crippen LogP contribution in [-0.2, 0) is 4.79 Å². The van der Waals surface area contributed by atoms with E-state index in [0.717, 1.165) is 4.47 Å².